The van der Waals surface area contributed by atoms with Crippen molar-refractivity contribution < 1.29 is 9.59 Å². The van der Waals surface area contributed by atoms with Crippen LogP contribution in [0.3, 0.4) is 0 Å². The van der Waals surface area contributed by atoms with Crippen molar-refractivity contribution in [3.63, 3.8) is 0 Å². The monoisotopic (exact) mass is 224 g/mol. The largest absolute Gasteiger partial charge is 0.326 e. The van der Waals surface area contributed by atoms with Gasteiger partial charge >= 0.3 is 0 Å². The van der Waals surface area contributed by atoms with Crippen molar-refractivity contribution >= 4 is 11.8 Å². The molecule has 1 aliphatic heterocycles. The lowest BCUT2D eigenvalue weighted by Crippen LogP contribution is -2.40. The molecule has 0 bridgehead atoms. The fourth-order valence-electron chi connectivity index (χ4n) is 3.00. The molecule has 2 fully saturated rings. The second-order valence-corrected chi connectivity index (χ2v) is 5.22. The van der Waals surface area contributed by atoms with E-state index in [-0.39, 0.29) is 29.7 Å². The number of rotatable bonds is 3. The number of likely N-dealkylation sites (tertiary alicyclic amines) is 1. The number of nitrogens with two attached hydrogens (primary N) is 1. The van der Waals surface area contributed by atoms with Crippen molar-refractivity contribution in [2.24, 2.45) is 23.5 Å². The molecule has 1 heterocycles. The Labute approximate surface area is 96.2 Å². The second-order valence-electron chi connectivity index (χ2n) is 5.22. The second kappa shape index (κ2) is 4.17. The Hall–Kier alpha value is -0.900. The molecule has 3 atom stereocenters. The first-order chi connectivity index (χ1) is 7.54. The Kier molecular flexibility index (Phi) is 3.02. The number of hydrogen-bond acceptors (Lipinski definition) is 3. The van der Waals surface area contributed by atoms with E-state index in [0.717, 1.165) is 19.3 Å². The highest BCUT2D eigenvalue weighted by Gasteiger charge is 2.52. The summed E-state index contributed by atoms with van der Waals surface area (Å²) in [4.78, 5) is 25.5. The molecule has 2 aliphatic rings. The van der Waals surface area contributed by atoms with Gasteiger partial charge in [-0.25, -0.2) is 0 Å². The van der Waals surface area contributed by atoms with E-state index in [1.54, 1.807) is 0 Å². The van der Waals surface area contributed by atoms with Crippen LogP contribution in [0.25, 0.3) is 0 Å². The maximum absolute atomic E-state index is 12.0. The van der Waals surface area contributed by atoms with Gasteiger partial charge in [0.2, 0.25) is 11.8 Å². The highest BCUT2D eigenvalue weighted by molar-refractivity contribution is 6.05. The summed E-state index contributed by atoms with van der Waals surface area (Å²) in [5.41, 5.74) is 5.65. The number of nitrogens with zero attached hydrogens (tertiary/aromatic N) is 1. The van der Waals surface area contributed by atoms with Gasteiger partial charge in [0.15, 0.2) is 0 Å². The summed E-state index contributed by atoms with van der Waals surface area (Å²) in [5.74, 6) is 0.499. The standard InChI is InChI=1S/C12H20N2O2/c1-3-8-4-9-10(5-8)12(16)14(11(9)15)6-7(2)13/h7-10H,3-6,13H2,1-2H3/t7-,8?,9?,10?/m0/s1. The highest BCUT2D eigenvalue weighted by Crippen LogP contribution is 2.44. The van der Waals surface area contributed by atoms with Crippen molar-refractivity contribution in [2.75, 3.05) is 6.54 Å². The van der Waals surface area contributed by atoms with Crippen molar-refractivity contribution in [1.82, 2.24) is 4.90 Å². The predicted octanol–water partition coefficient (Wildman–Crippen LogP) is 0.755. The molecule has 0 aromatic carbocycles. The Morgan fingerprint density at radius 2 is 1.81 bits per heavy atom. The van der Waals surface area contributed by atoms with Gasteiger partial charge in [-0.3, -0.25) is 14.5 Å². The Morgan fingerprint density at radius 3 is 2.19 bits per heavy atom. The quantitative estimate of drug-likeness (QED) is 0.720. The normalized spacial score (nSPS) is 35.7. The number of amides is 2. The van der Waals surface area contributed by atoms with Gasteiger partial charge in [0.25, 0.3) is 0 Å². The summed E-state index contributed by atoms with van der Waals surface area (Å²) < 4.78 is 0. The number of carbonyl (C=O) groups is 2. The number of fused-ring (bicyclic) bond motifs is 1. The van der Waals surface area contributed by atoms with Crippen LogP contribution in [0.1, 0.15) is 33.1 Å². The molecular formula is C12H20N2O2. The van der Waals surface area contributed by atoms with Crippen molar-refractivity contribution in [2.45, 2.75) is 39.2 Å². The Bertz CT molecular complexity index is 290. The summed E-state index contributed by atoms with van der Waals surface area (Å²) >= 11 is 0. The van der Waals surface area contributed by atoms with Crippen molar-refractivity contribution in [1.29, 1.82) is 0 Å². The minimum absolute atomic E-state index is 0.0169. The van der Waals surface area contributed by atoms with Gasteiger partial charge in [-0.15, -0.1) is 0 Å². The maximum atomic E-state index is 12.0. The van der Waals surface area contributed by atoms with E-state index in [4.69, 9.17) is 5.73 Å². The minimum Gasteiger partial charge on any atom is -0.326 e. The summed E-state index contributed by atoms with van der Waals surface area (Å²) in [7, 11) is 0. The molecular weight excluding hydrogens is 204 g/mol. The lowest BCUT2D eigenvalue weighted by Gasteiger charge is -2.19. The van der Waals surface area contributed by atoms with Crippen LogP contribution in [-0.2, 0) is 9.59 Å². The van der Waals surface area contributed by atoms with Crippen LogP contribution in [0.5, 0.6) is 0 Å². The first kappa shape index (κ1) is 11.6. The molecule has 1 aliphatic carbocycles. The molecule has 0 aromatic heterocycles. The van der Waals surface area contributed by atoms with Gasteiger partial charge in [0.1, 0.15) is 0 Å². The average Bonchev–Trinajstić information content (AvgIpc) is 2.74. The lowest BCUT2D eigenvalue weighted by molar-refractivity contribution is -0.140. The van der Waals surface area contributed by atoms with Gasteiger partial charge < -0.3 is 5.73 Å². The number of hydrogen-bond donors (Lipinski definition) is 1. The van der Waals surface area contributed by atoms with Gasteiger partial charge in [0.05, 0.1) is 11.8 Å². The molecule has 4 nitrogen and oxygen atoms in total. The molecule has 4 heteroatoms. The molecule has 0 spiro atoms. The van der Waals surface area contributed by atoms with E-state index >= 15 is 0 Å². The van der Waals surface area contributed by atoms with E-state index in [0.29, 0.717) is 12.5 Å². The molecule has 0 aromatic rings. The average molecular weight is 224 g/mol. The van der Waals surface area contributed by atoms with E-state index in [9.17, 15) is 9.59 Å². The Balaban J connectivity index is 2.10. The zero-order valence-corrected chi connectivity index (χ0v) is 9.98. The minimum atomic E-state index is -0.131. The fraction of sp³-hybridized carbons (Fsp3) is 0.833. The molecule has 2 N–H and O–H groups in total. The predicted molar refractivity (Wildman–Crippen MR) is 60.4 cm³/mol. The molecule has 90 valence electrons. The summed E-state index contributed by atoms with van der Waals surface area (Å²) in [5, 5.41) is 0. The fourth-order valence-corrected chi connectivity index (χ4v) is 3.00. The van der Waals surface area contributed by atoms with E-state index in [1.165, 1.54) is 4.90 Å². The van der Waals surface area contributed by atoms with Gasteiger partial charge in [-0.05, 0) is 25.7 Å². The van der Waals surface area contributed by atoms with Gasteiger partial charge in [0, 0.05) is 12.6 Å². The van der Waals surface area contributed by atoms with Crippen LogP contribution < -0.4 is 5.73 Å². The number of carbonyl (C=O) groups excluding carboxylic acids is 2. The van der Waals surface area contributed by atoms with Crippen LogP contribution in [0.15, 0.2) is 0 Å². The lowest BCUT2D eigenvalue weighted by atomic mass is 10.00. The third-order valence-electron chi connectivity index (χ3n) is 3.87. The van der Waals surface area contributed by atoms with E-state index in [1.807, 2.05) is 6.92 Å². The summed E-state index contributed by atoms with van der Waals surface area (Å²) in [6.07, 6.45) is 2.85. The Morgan fingerprint density at radius 1 is 1.31 bits per heavy atom. The zero-order chi connectivity index (χ0) is 11.9. The van der Waals surface area contributed by atoms with Gasteiger partial charge in [-0.1, -0.05) is 13.3 Å². The van der Waals surface area contributed by atoms with Gasteiger partial charge in [-0.2, -0.15) is 0 Å². The topological polar surface area (TPSA) is 63.4 Å². The van der Waals surface area contributed by atoms with Crippen LogP contribution in [0, 0.1) is 17.8 Å². The molecule has 16 heavy (non-hydrogen) atoms. The molecule has 2 amide bonds. The summed E-state index contributed by atoms with van der Waals surface area (Å²) in [6.45, 7) is 4.32. The molecule has 1 saturated heterocycles. The molecule has 2 rings (SSSR count). The third kappa shape index (κ3) is 1.75. The SMILES string of the molecule is CCC1CC2C(=O)N(C[C@H](C)N)C(=O)C2C1. The van der Waals surface area contributed by atoms with E-state index < -0.39 is 0 Å². The van der Waals surface area contributed by atoms with Crippen LogP contribution in [-0.4, -0.2) is 29.3 Å². The molecule has 2 unspecified atom stereocenters. The van der Waals surface area contributed by atoms with Crippen molar-refractivity contribution in [3.05, 3.63) is 0 Å². The number of imide groups is 1. The van der Waals surface area contributed by atoms with Crippen LogP contribution in [0.2, 0.25) is 0 Å². The summed E-state index contributed by atoms with van der Waals surface area (Å²) in [6, 6.07) is -0.131. The zero-order valence-electron chi connectivity index (χ0n) is 9.98. The van der Waals surface area contributed by atoms with Crippen molar-refractivity contribution in [3.8, 4) is 0 Å². The molecule has 0 radical (unpaired) electrons. The maximum Gasteiger partial charge on any atom is 0.233 e. The first-order valence-corrected chi connectivity index (χ1v) is 6.15. The van der Waals surface area contributed by atoms with Crippen LogP contribution in [0.4, 0.5) is 0 Å². The highest BCUT2D eigenvalue weighted by atomic mass is 16.2. The molecule has 1 saturated carbocycles. The first-order valence-electron chi connectivity index (χ1n) is 6.15. The third-order valence-corrected chi connectivity index (χ3v) is 3.87. The van der Waals surface area contributed by atoms with Crippen LogP contribution >= 0.6 is 0 Å². The smallest absolute Gasteiger partial charge is 0.233 e. The van der Waals surface area contributed by atoms with E-state index in [2.05, 4.69) is 6.92 Å².